The van der Waals surface area contributed by atoms with E-state index in [2.05, 4.69) is 79.8 Å². The fourth-order valence-corrected chi connectivity index (χ4v) is 2.79. The van der Waals surface area contributed by atoms with Gasteiger partial charge in [0.05, 0.1) is 0 Å². The molecule has 0 saturated heterocycles. The van der Waals surface area contributed by atoms with Crippen LogP contribution in [-0.2, 0) is 0 Å². The lowest BCUT2D eigenvalue weighted by molar-refractivity contribution is 0.272. The minimum Gasteiger partial charge on any atom is -0.396 e. The van der Waals surface area contributed by atoms with Crippen LogP contribution in [0.25, 0.3) is 0 Å². The molecule has 3 heteroatoms. The van der Waals surface area contributed by atoms with E-state index in [-0.39, 0.29) is 18.7 Å². The summed E-state index contributed by atoms with van der Waals surface area (Å²) in [5, 5.41) is 12.9. The van der Waals surface area contributed by atoms with E-state index < -0.39 is 0 Å². The monoisotopic (exact) mass is 312 g/mol. The van der Waals surface area contributed by atoms with Crippen molar-refractivity contribution in [3.05, 3.63) is 65.7 Å². The summed E-state index contributed by atoms with van der Waals surface area (Å²) in [5.41, 5.74) is 3.76. The van der Waals surface area contributed by atoms with Crippen LogP contribution in [0.4, 0.5) is 5.69 Å². The topological polar surface area (TPSA) is 35.5 Å². The Morgan fingerprint density at radius 2 is 1.61 bits per heavy atom. The Balaban J connectivity index is 2.08. The molecule has 0 saturated carbocycles. The zero-order valence-electron chi connectivity index (χ0n) is 14.4. The van der Waals surface area contributed by atoms with E-state index in [0.29, 0.717) is 0 Å². The number of nitrogens with zero attached hydrogens (tertiary/aromatic N) is 1. The van der Waals surface area contributed by atoms with Gasteiger partial charge in [0, 0.05) is 38.5 Å². The van der Waals surface area contributed by atoms with Gasteiger partial charge in [-0.25, -0.2) is 0 Å². The van der Waals surface area contributed by atoms with Crippen LogP contribution >= 0.6 is 0 Å². The van der Waals surface area contributed by atoms with Gasteiger partial charge in [0.2, 0.25) is 0 Å². The quantitative estimate of drug-likeness (QED) is 0.775. The number of hydrogen-bond donors (Lipinski definition) is 2. The number of nitrogens with one attached hydrogen (secondary N) is 1. The average molecular weight is 312 g/mol. The van der Waals surface area contributed by atoms with Crippen LogP contribution in [0.1, 0.15) is 43.0 Å². The summed E-state index contributed by atoms with van der Waals surface area (Å²) in [4.78, 5) is 2.11. The standard InChI is InChI=1S/C20H28N2O/c1-16(17-11-13-19(14-12-17)22(2)3)21-20(10-7-15-23)18-8-5-4-6-9-18/h4-6,8-9,11-14,16,20-21,23H,7,10,15H2,1-3H3. The van der Waals surface area contributed by atoms with Crippen LogP contribution in [-0.4, -0.2) is 25.8 Å². The molecule has 0 fully saturated rings. The van der Waals surface area contributed by atoms with E-state index in [9.17, 15) is 0 Å². The normalized spacial score (nSPS) is 13.6. The third-order valence-electron chi connectivity index (χ3n) is 4.21. The summed E-state index contributed by atoms with van der Waals surface area (Å²) in [7, 11) is 4.11. The molecule has 124 valence electrons. The Morgan fingerprint density at radius 3 is 2.17 bits per heavy atom. The van der Waals surface area contributed by atoms with Crippen molar-refractivity contribution in [2.45, 2.75) is 31.8 Å². The zero-order valence-corrected chi connectivity index (χ0v) is 14.4. The molecule has 0 aliphatic heterocycles. The molecular formula is C20H28N2O. The Morgan fingerprint density at radius 1 is 0.957 bits per heavy atom. The van der Waals surface area contributed by atoms with E-state index in [1.165, 1.54) is 16.8 Å². The maximum Gasteiger partial charge on any atom is 0.0431 e. The van der Waals surface area contributed by atoms with Crippen molar-refractivity contribution < 1.29 is 5.11 Å². The molecule has 0 aliphatic rings. The molecule has 3 nitrogen and oxygen atoms in total. The highest BCUT2D eigenvalue weighted by molar-refractivity contribution is 5.46. The molecule has 0 bridgehead atoms. The Bertz CT molecular complexity index is 566. The van der Waals surface area contributed by atoms with Crippen molar-refractivity contribution in [1.29, 1.82) is 0 Å². The van der Waals surface area contributed by atoms with Crippen molar-refractivity contribution in [1.82, 2.24) is 5.32 Å². The first kappa shape index (κ1) is 17.5. The van der Waals surface area contributed by atoms with Gasteiger partial charge in [-0.15, -0.1) is 0 Å². The maximum atomic E-state index is 9.16. The Labute approximate surface area is 140 Å². The van der Waals surface area contributed by atoms with E-state index in [1.807, 2.05) is 6.07 Å². The third-order valence-corrected chi connectivity index (χ3v) is 4.21. The molecule has 2 aromatic carbocycles. The predicted molar refractivity (Wildman–Crippen MR) is 97.8 cm³/mol. The highest BCUT2D eigenvalue weighted by atomic mass is 16.2. The van der Waals surface area contributed by atoms with E-state index in [4.69, 9.17) is 5.11 Å². The molecule has 2 aromatic rings. The third kappa shape index (κ3) is 5.08. The summed E-state index contributed by atoms with van der Waals surface area (Å²) >= 11 is 0. The molecule has 0 spiro atoms. The molecule has 0 aliphatic carbocycles. The van der Waals surface area contributed by atoms with Crippen molar-refractivity contribution in [2.75, 3.05) is 25.6 Å². The lowest BCUT2D eigenvalue weighted by Gasteiger charge is -2.24. The molecule has 2 unspecified atom stereocenters. The van der Waals surface area contributed by atoms with Crippen LogP contribution in [0, 0.1) is 0 Å². The van der Waals surface area contributed by atoms with Gasteiger partial charge in [-0.1, -0.05) is 42.5 Å². The Hall–Kier alpha value is -1.84. The molecule has 23 heavy (non-hydrogen) atoms. The molecule has 2 rings (SSSR count). The van der Waals surface area contributed by atoms with Gasteiger partial charge in [0.15, 0.2) is 0 Å². The summed E-state index contributed by atoms with van der Waals surface area (Å²) in [6.07, 6.45) is 1.74. The van der Waals surface area contributed by atoms with Crippen LogP contribution in [0.5, 0.6) is 0 Å². The van der Waals surface area contributed by atoms with Gasteiger partial charge in [-0.05, 0) is 43.0 Å². The summed E-state index contributed by atoms with van der Waals surface area (Å²) < 4.78 is 0. The minimum atomic E-state index is 0.233. The highest BCUT2D eigenvalue weighted by Gasteiger charge is 2.15. The molecule has 2 atom stereocenters. The molecular weight excluding hydrogens is 284 g/mol. The van der Waals surface area contributed by atoms with Crippen LogP contribution in [0.15, 0.2) is 54.6 Å². The maximum absolute atomic E-state index is 9.16. The number of anilines is 1. The summed E-state index contributed by atoms with van der Waals surface area (Å²) in [6, 6.07) is 19.7. The second-order valence-electron chi connectivity index (χ2n) is 6.20. The largest absolute Gasteiger partial charge is 0.396 e. The second kappa shape index (κ2) is 8.70. The average Bonchev–Trinajstić information content (AvgIpc) is 2.59. The molecule has 0 heterocycles. The fourth-order valence-electron chi connectivity index (χ4n) is 2.79. The number of rotatable bonds is 8. The van der Waals surface area contributed by atoms with Crippen molar-refractivity contribution in [3.63, 3.8) is 0 Å². The first-order valence-electron chi connectivity index (χ1n) is 8.31. The second-order valence-corrected chi connectivity index (χ2v) is 6.20. The van der Waals surface area contributed by atoms with Gasteiger partial charge in [-0.2, -0.15) is 0 Å². The van der Waals surface area contributed by atoms with Crippen LogP contribution in [0.2, 0.25) is 0 Å². The molecule has 0 amide bonds. The van der Waals surface area contributed by atoms with Crippen molar-refractivity contribution in [2.24, 2.45) is 0 Å². The first-order chi connectivity index (χ1) is 11.1. The zero-order chi connectivity index (χ0) is 16.7. The lowest BCUT2D eigenvalue weighted by Crippen LogP contribution is -2.25. The minimum absolute atomic E-state index is 0.233. The number of aliphatic hydroxyl groups is 1. The van der Waals surface area contributed by atoms with E-state index in [1.54, 1.807) is 0 Å². The van der Waals surface area contributed by atoms with E-state index in [0.717, 1.165) is 12.8 Å². The summed E-state index contributed by atoms with van der Waals surface area (Å²) in [6.45, 7) is 2.43. The van der Waals surface area contributed by atoms with Crippen LogP contribution < -0.4 is 10.2 Å². The number of hydrogen-bond acceptors (Lipinski definition) is 3. The number of benzene rings is 2. The molecule has 0 aromatic heterocycles. The smallest absolute Gasteiger partial charge is 0.0431 e. The SMILES string of the molecule is CC(NC(CCCO)c1ccccc1)c1ccc(N(C)C)cc1. The molecule has 0 radical (unpaired) electrons. The first-order valence-corrected chi connectivity index (χ1v) is 8.31. The lowest BCUT2D eigenvalue weighted by atomic mass is 9.99. The van der Waals surface area contributed by atoms with Gasteiger partial charge in [-0.3, -0.25) is 0 Å². The van der Waals surface area contributed by atoms with Gasteiger partial charge in [0.1, 0.15) is 0 Å². The van der Waals surface area contributed by atoms with Gasteiger partial charge >= 0.3 is 0 Å². The van der Waals surface area contributed by atoms with Crippen molar-refractivity contribution in [3.8, 4) is 0 Å². The summed E-state index contributed by atoms with van der Waals surface area (Å²) in [5.74, 6) is 0. The van der Waals surface area contributed by atoms with Gasteiger partial charge in [0.25, 0.3) is 0 Å². The fraction of sp³-hybridized carbons (Fsp3) is 0.400. The Kier molecular flexibility index (Phi) is 6.63. The van der Waals surface area contributed by atoms with Crippen LogP contribution in [0.3, 0.4) is 0 Å². The van der Waals surface area contributed by atoms with Crippen molar-refractivity contribution >= 4 is 5.69 Å². The van der Waals surface area contributed by atoms with E-state index >= 15 is 0 Å². The number of aliphatic hydroxyl groups excluding tert-OH is 1. The van der Waals surface area contributed by atoms with Gasteiger partial charge < -0.3 is 15.3 Å². The highest BCUT2D eigenvalue weighted by Crippen LogP contribution is 2.24. The predicted octanol–water partition coefficient (Wildman–Crippen LogP) is 3.92. The molecule has 2 N–H and O–H groups in total.